The average molecular weight is 360 g/mol. The second kappa shape index (κ2) is 8.11. The van der Waals surface area contributed by atoms with Gasteiger partial charge in [0.1, 0.15) is 5.82 Å². The minimum atomic E-state index is -0.645. The quantitative estimate of drug-likeness (QED) is 0.807. The molecule has 2 N–H and O–H groups in total. The lowest BCUT2D eigenvalue weighted by molar-refractivity contribution is -0.0275. The molecule has 1 aliphatic rings. The van der Waals surface area contributed by atoms with Crippen molar-refractivity contribution in [2.45, 2.75) is 44.8 Å². The van der Waals surface area contributed by atoms with Gasteiger partial charge in [-0.25, -0.2) is 4.39 Å². The Bertz CT molecular complexity index is 438. The van der Waals surface area contributed by atoms with Crippen molar-refractivity contribution in [3.05, 3.63) is 28.5 Å². The first kappa shape index (κ1) is 16.7. The van der Waals surface area contributed by atoms with Crippen LogP contribution < -0.4 is 5.32 Å². The summed E-state index contributed by atoms with van der Waals surface area (Å²) >= 11 is 3.29. The van der Waals surface area contributed by atoms with Crippen LogP contribution in [-0.4, -0.2) is 30.5 Å². The van der Waals surface area contributed by atoms with Crippen molar-refractivity contribution < 1.29 is 14.2 Å². The topological polar surface area (TPSA) is 41.5 Å². The molecule has 1 aromatic rings. The molecule has 0 heterocycles. The molecule has 1 fully saturated rings. The van der Waals surface area contributed by atoms with Crippen LogP contribution in [0.4, 0.5) is 10.1 Å². The number of aliphatic hydroxyl groups excluding tert-OH is 1. The Morgan fingerprint density at radius 3 is 3.00 bits per heavy atom. The number of hydrogen-bond donors (Lipinski definition) is 2. The average Bonchev–Trinajstić information content (AvgIpc) is 2.45. The molecule has 1 saturated carbocycles. The van der Waals surface area contributed by atoms with Crippen LogP contribution in [-0.2, 0) is 4.74 Å². The number of aliphatic hydroxyl groups is 1. The third-order valence-electron chi connectivity index (χ3n) is 3.89. The molecule has 0 aliphatic heterocycles. The van der Waals surface area contributed by atoms with Crippen molar-refractivity contribution in [2.24, 2.45) is 5.92 Å². The normalized spacial score (nSPS) is 23.8. The fourth-order valence-electron chi connectivity index (χ4n) is 2.72. The van der Waals surface area contributed by atoms with Gasteiger partial charge in [-0.3, -0.25) is 0 Å². The first-order chi connectivity index (χ1) is 10.1. The van der Waals surface area contributed by atoms with E-state index in [4.69, 9.17) is 4.74 Å². The number of para-hydroxylation sites is 1. The van der Waals surface area contributed by atoms with E-state index in [0.717, 1.165) is 12.8 Å². The third-order valence-corrected chi connectivity index (χ3v) is 4.55. The van der Waals surface area contributed by atoms with Gasteiger partial charge in [-0.05, 0) is 46.8 Å². The van der Waals surface area contributed by atoms with Crippen LogP contribution in [0.15, 0.2) is 22.7 Å². The summed E-state index contributed by atoms with van der Waals surface area (Å²) < 4.78 is 20.0. The van der Waals surface area contributed by atoms with Crippen molar-refractivity contribution in [3.8, 4) is 0 Å². The molecule has 3 atom stereocenters. The summed E-state index contributed by atoms with van der Waals surface area (Å²) in [7, 11) is 0. The summed E-state index contributed by atoms with van der Waals surface area (Å²) in [5.74, 6) is 0.368. The molecule has 2 rings (SSSR count). The number of benzene rings is 1. The molecule has 0 aromatic heterocycles. The van der Waals surface area contributed by atoms with Gasteiger partial charge in [-0.2, -0.15) is 0 Å². The van der Waals surface area contributed by atoms with Gasteiger partial charge in [0.25, 0.3) is 0 Å². The van der Waals surface area contributed by atoms with Crippen LogP contribution in [0.2, 0.25) is 0 Å². The van der Waals surface area contributed by atoms with Gasteiger partial charge >= 0.3 is 0 Å². The Morgan fingerprint density at radius 2 is 2.29 bits per heavy atom. The maximum Gasteiger partial charge on any atom is 0.147 e. The molecule has 21 heavy (non-hydrogen) atoms. The van der Waals surface area contributed by atoms with E-state index in [2.05, 4.69) is 28.2 Å². The molecule has 118 valence electrons. The fourth-order valence-corrected chi connectivity index (χ4v) is 3.20. The molecular weight excluding hydrogens is 337 g/mol. The first-order valence-electron chi connectivity index (χ1n) is 7.53. The summed E-state index contributed by atoms with van der Waals surface area (Å²) in [6.07, 6.45) is 4.22. The van der Waals surface area contributed by atoms with E-state index < -0.39 is 6.10 Å². The van der Waals surface area contributed by atoms with Crippen molar-refractivity contribution in [3.63, 3.8) is 0 Å². The van der Waals surface area contributed by atoms with Gasteiger partial charge in [-0.1, -0.05) is 25.8 Å². The van der Waals surface area contributed by atoms with E-state index in [1.54, 1.807) is 12.1 Å². The highest BCUT2D eigenvalue weighted by Crippen LogP contribution is 2.26. The molecule has 3 nitrogen and oxygen atoms in total. The van der Waals surface area contributed by atoms with E-state index in [1.165, 1.54) is 18.9 Å². The maximum atomic E-state index is 13.6. The maximum absolute atomic E-state index is 13.6. The molecule has 3 unspecified atom stereocenters. The summed E-state index contributed by atoms with van der Waals surface area (Å²) in [5, 5.41) is 12.9. The van der Waals surface area contributed by atoms with E-state index in [0.29, 0.717) is 16.1 Å². The van der Waals surface area contributed by atoms with Gasteiger partial charge in [0.2, 0.25) is 0 Å². The van der Waals surface area contributed by atoms with Gasteiger partial charge in [0.05, 0.1) is 24.5 Å². The lowest BCUT2D eigenvalue weighted by Gasteiger charge is -2.27. The zero-order valence-electron chi connectivity index (χ0n) is 12.3. The van der Waals surface area contributed by atoms with E-state index >= 15 is 0 Å². The Morgan fingerprint density at radius 1 is 1.48 bits per heavy atom. The highest BCUT2D eigenvalue weighted by molar-refractivity contribution is 9.10. The van der Waals surface area contributed by atoms with Gasteiger partial charge < -0.3 is 15.2 Å². The van der Waals surface area contributed by atoms with Gasteiger partial charge in [-0.15, -0.1) is 0 Å². The molecule has 1 aromatic carbocycles. The Kier molecular flexibility index (Phi) is 6.45. The standard InChI is InChI=1S/C16H23BrFNO2/c1-11-4-2-5-13(8-11)21-10-12(20)9-19-16-14(17)6-3-7-15(16)18/h3,6-7,11-13,19-20H,2,4-5,8-10H2,1H3. The number of halogens is 2. The lowest BCUT2D eigenvalue weighted by Crippen LogP contribution is -2.30. The fraction of sp³-hybridized carbons (Fsp3) is 0.625. The van der Waals surface area contributed by atoms with Gasteiger partial charge in [0, 0.05) is 11.0 Å². The SMILES string of the molecule is CC1CCCC(OCC(O)CNc2c(F)cccc2Br)C1. The molecule has 0 bridgehead atoms. The monoisotopic (exact) mass is 359 g/mol. The summed E-state index contributed by atoms with van der Waals surface area (Å²) in [4.78, 5) is 0. The van der Waals surface area contributed by atoms with Crippen molar-refractivity contribution in [2.75, 3.05) is 18.5 Å². The Balaban J connectivity index is 1.73. The summed E-state index contributed by atoms with van der Waals surface area (Å²) in [6.45, 7) is 2.79. The highest BCUT2D eigenvalue weighted by atomic mass is 79.9. The predicted octanol–water partition coefficient (Wildman–Crippen LogP) is 3.96. The molecule has 0 radical (unpaired) electrons. The second-order valence-corrected chi connectivity index (χ2v) is 6.71. The molecule has 5 heteroatoms. The molecular formula is C16H23BrFNO2. The van der Waals surface area contributed by atoms with Crippen LogP contribution in [0.3, 0.4) is 0 Å². The minimum Gasteiger partial charge on any atom is -0.389 e. The number of anilines is 1. The first-order valence-corrected chi connectivity index (χ1v) is 8.33. The zero-order valence-corrected chi connectivity index (χ0v) is 13.9. The molecule has 0 spiro atoms. The molecule has 0 amide bonds. The van der Waals surface area contributed by atoms with Crippen LogP contribution in [0.1, 0.15) is 32.6 Å². The number of hydrogen-bond acceptors (Lipinski definition) is 3. The second-order valence-electron chi connectivity index (χ2n) is 5.86. The molecule has 1 aliphatic carbocycles. The van der Waals surface area contributed by atoms with E-state index in [9.17, 15) is 9.50 Å². The van der Waals surface area contributed by atoms with Crippen LogP contribution in [0.5, 0.6) is 0 Å². The van der Waals surface area contributed by atoms with Crippen LogP contribution >= 0.6 is 15.9 Å². The van der Waals surface area contributed by atoms with Gasteiger partial charge in [0.15, 0.2) is 0 Å². The van der Waals surface area contributed by atoms with Crippen LogP contribution in [0, 0.1) is 11.7 Å². The third kappa shape index (κ3) is 5.24. The van der Waals surface area contributed by atoms with E-state index in [-0.39, 0.29) is 25.1 Å². The smallest absolute Gasteiger partial charge is 0.147 e. The van der Waals surface area contributed by atoms with Crippen molar-refractivity contribution in [1.82, 2.24) is 0 Å². The summed E-state index contributed by atoms with van der Waals surface area (Å²) in [5.41, 5.74) is 0.378. The Hall–Kier alpha value is -0.650. The predicted molar refractivity (Wildman–Crippen MR) is 86.0 cm³/mol. The Labute approximate surface area is 134 Å². The number of ether oxygens (including phenoxy) is 1. The minimum absolute atomic E-state index is 0.253. The van der Waals surface area contributed by atoms with Crippen molar-refractivity contribution in [1.29, 1.82) is 0 Å². The zero-order chi connectivity index (χ0) is 15.2. The largest absolute Gasteiger partial charge is 0.389 e. The highest BCUT2D eigenvalue weighted by Gasteiger charge is 2.20. The number of rotatable bonds is 6. The number of nitrogens with one attached hydrogen (secondary N) is 1. The van der Waals surface area contributed by atoms with Crippen LogP contribution in [0.25, 0.3) is 0 Å². The van der Waals surface area contributed by atoms with Crippen molar-refractivity contribution >= 4 is 21.6 Å². The molecule has 0 saturated heterocycles. The summed E-state index contributed by atoms with van der Waals surface area (Å²) in [6, 6.07) is 4.78. The lowest BCUT2D eigenvalue weighted by atomic mass is 9.89. The van der Waals surface area contributed by atoms with E-state index in [1.807, 2.05) is 0 Å².